The molecule has 0 aromatic carbocycles. The van der Waals surface area contributed by atoms with Crippen LogP contribution in [0.3, 0.4) is 0 Å². The van der Waals surface area contributed by atoms with Crippen molar-refractivity contribution in [2.75, 3.05) is 5.73 Å². The summed E-state index contributed by atoms with van der Waals surface area (Å²) in [5, 5.41) is 8.59. The summed E-state index contributed by atoms with van der Waals surface area (Å²) in [5.41, 5.74) is 5.46. The molecule has 0 saturated carbocycles. The topological polar surface area (TPSA) is 71.8 Å². The maximum atomic E-state index is 11.2. The van der Waals surface area contributed by atoms with Gasteiger partial charge in [-0.15, -0.1) is 0 Å². The Morgan fingerprint density at radius 2 is 2.33 bits per heavy atom. The molecule has 0 aliphatic carbocycles. The Hall–Kier alpha value is -1.28. The number of hydrogen-bond donors (Lipinski definition) is 1. The summed E-state index contributed by atoms with van der Waals surface area (Å²) in [6.45, 7) is 0. The average Bonchev–Trinajstić information content (AvgIpc) is 2.08. The zero-order valence-electron chi connectivity index (χ0n) is 6.34. The molecule has 0 aliphatic heterocycles. The van der Waals surface area contributed by atoms with Crippen LogP contribution < -0.4 is 11.3 Å². The Bertz CT molecular complexity index is 416. The summed E-state index contributed by atoms with van der Waals surface area (Å²) in [7, 11) is 1.50. The summed E-state index contributed by atoms with van der Waals surface area (Å²) in [5.74, 6) is 0. The van der Waals surface area contributed by atoms with Crippen LogP contribution >= 0.6 is 15.9 Å². The van der Waals surface area contributed by atoms with Gasteiger partial charge in [0.05, 0.1) is 0 Å². The van der Waals surface area contributed by atoms with Crippen molar-refractivity contribution in [3.63, 3.8) is 0 Å². The number of pyridine rings is 1. The molecule has 5 heteroatoms. The molecular formula is C7H6BrN3O. The molecule has 4 nitrogen and oxygen atoms in total. The van der Waals surface area contributed by atoms with Gasteiger partial charge in [-0.3, -0.25) is 4.79 Å². The van der Waals surface area contributed by atoms with Crippen molar-refractivity contribution in [1.29, 1.82) is 5.26 Å². The molecule has 0 atom stereocenters. The SMILES string of the molecule is Cn1c(C#N)cc(Br)c(N)c1=O. The molecule has 0 saturated heterocycles. The number of nitrogen functional groups attached to an aromatic ring is 1. The van der Waals surface area contributed by atoms with Crippen molar-refractivity contribution in [3.05, 3.63) is 26.6 Å². The summed E-state index contributed by atoms with van der Waals surface area (Å²) in [6.07, 6.45) is 0. The molecule has 2 N–H and O–H groups in total. The highest BCUT2D eigenvalue weighted by atomic mass is 79.9. The van der Waals surface area contributed by atoms with Gasteiger partial charge in [0.25, 0.3) is 5.56 Å². The van der Waals surface area contributed by atoms with Gasteiger partial charge in [-0.1, -0.05) is 0 Å². The van der Waals surface area contributed by atoms with Crippen LogP contribution in [0.5, 0.6) is 0 Å². The Kier molecular flexibility index (Phi) is 2.20. The molecule has 12 heavy (non-hydrogen) atoms. The average molecular weight is 228 g/mol. The second-order valence-corrected chi connectivity index (χ2v) is 3.12. The second-order valence-electron chi connectivity index (χ2n) is 2.27. The van der Waals surface area contributed by atoms with Crippen molar-refractivity contribution in [2.24, 2.45) is 7.05 Å². The van der Waals surface area contributed by atoms with Gasteiger partial charge in [0.1, 0.15) is 17.5 Å². The Morgan fingerprint density at radius 1 is 1.75 bits per heavy atom. The number of aromatic nitrogens is 1. The van der Waals surface area contributed by atoms with Crippen molar-refractivity contribution < 1.29 is 0 Å². The van der Waals surface area contributed by atoms with E-state index in [4.69, 9.17) is 11.0 Å². The van der Waals surface area contributed by atoms with Crippen molar-refractivity contribution >= 4 is 21.6 Å². The van der Waals surface area contributed by atoms with Gasteiger partial charge in [0.2, 0.25) is 0 Å². The predicted octanol–water partition coefficient (Wildman–Crippen LogP) is 0.602. The summed E-state index contributed by atoms with van der Waals surface area (Å²) >= 11 is 3.08. The molecule has 0 aliphatic rings. The molecule has 0 amide bonds. The standard InChI is InChI=1S/C7H6BrN3O/c1-11-4(3-9)2-5(8)6(10)7(11)12/h2H,10H2,1H3. The maximum Gasteiger partial charge on any atom is 0.275 e. The second kappa shape index (κ2) is 2.99. The molecule has 1 aromatic rings. The van der Waals surface area contributed by atoms with Gasteiger partial charge < -0.3 is 10.3 Å². The van der Waals surface area contributed by atoms with E-state index < -0.39 is 0 Å². The third-order valence-electron chi connectivity index (χ3n) is 1.53. The highest BCUT2D eigenvalue weighted by Gasteiger charge is 2.06. The zero-order valence-corrected chi connectivity index (χ0v) is 7.92. The van der Waals surface area contributed by atoms with Gasteiger partial charge in [-0.25, -0.2) is 0 Å². The van der Waals surface area contributed by atoms with Gasteiger partial charge in [0, 0.05) is 11.5 Å². The smallest absolute Gasteiger partial charge is 0.275 e. The van der Waals surface area contributed by atoms with Crippen LogP contribution in [0.25, 0.3) is 0 Å². The Balaban J connectivity index is 3.64. The monoisotopic (exact) mass is 227 g/mol. The number of halogens is 1. The molecule has 1 heterocycles. The quantitative estimate of drug-likeness (QED) is 0.706. The van der Waals surface area contributed by atoms with Crippen LogP contribution in [0.15, 0.2) is 15.3 Å². The lowest BCUT2D eigenvalue weighted by atomic mass is 10.3. The number of nitriles is 1. The van der Waals surface area contributed by atoms with Gasteiger partial charge in [-0.2, -0.15) is 5.26 Å². The third kappa shape index (κ3) is 1.21. The van der Waals surface area contributed by atoms with Crippen LogP contribution in [0.4, 0.5) is 5.69 Å². The highest BCUT2D eigenvalue weighted by molar-refractivity contribution is 9.10. The van der Waals surface area contributed by atoms with E-state index in [0.29, 0.717) is 4.47 Å². The van der Waals surface area contributed by atoms with Crippen molar-refractivity contribution in [3.8, 4) is 6.07 Å². The summed E-state index contributed by atoms with van der Waals surface area (Å²) in [6, 6.07) is 3.39. The van der Waals surface area contributed by atoms with Crippen LogP contribution in [-0.2, 0) is 7.05 Å². The van der Waals surface area contributed by atoms with Crippen LogP contribution in [0, 0.1) is 11.3 Å². The number of nitrogens with two attached hydrogens (primary N) is 1. The van der Waals surface area contributed by atoms with Crippen LogP contribution in [-0.4, -0.2) is 4.57 Å². The fourth-order valence-corrected chi connectivity index (χ4v) is 1.18. The van der Waals surface area contributed by atoms with Crippen LogP contribution in [0.2, 0.25) is 0 Å². The van der Waals surface area contributed by atoms with E-state index in [1.807, 2.05) is 6.07 Å². The molecule has 62 valence electrons. The minimum Gasteiger partial charge on any atom is -0.393 e. The Morgan fingerprint density at radius 3 is 2.83 bits per heavy atom. The van der Waals surface area contributed by atoms with E-state index >= 15 is 0 Å². The number of nitrogens with zero attached hydrogens (tertiary/aromatic N) is 2. The number of rotatable bonds is 0. The van der Waals surface area contributed by atoms with Gasteiger partial charge >= 0.3 is 0 Å². The van der Waals surface area contributed by atoms with E-state index in [1.54, 1.807) is 0 Å². The number of anilines is 1. The van der Waals surface area contributed by atoms with E-state index in [-0.39, 0.29) is 16.9 Å². The molecule has 0 unspecified atom stereocenters. The van der Waals surface area contributed by atoms with Crippen molar-refractivity contribution in [2.45, 2.75) is 0 Å². The number of hydrogen-bond acceptors (Lipinski definition) is 3. The Labute approximate surface area is 77.4 Å². The molecule has 1 rings (SSSR count). The lowest BCUT2D eigenvalue weighted by Crippen LogP contribution is -2.22. The first-order chi connectivity index (χ1) is 5.57. The molecule has 1 aromatic heterocycles. The molecule has 0 radical (unpaired) electrons. The van der Waals surface area contributed by atoms with E-state index in [9.17, 15) is 4.79 Å². The fourth-order valence-electron chi connectivity index (χ4n) is 0.794. The van der Waals surface area contributed by atoms with E-state index in [2.05, 4.69) is 15.9 Å². The molecule has 0 bridgehead atoms. The first-order valence-electron chi connectivity index (χ1n) is 3.13. The van der Waals surface area contributed by atoms with Gasteiger partial charge in [0.15, 0.2) is 0 Å². The van der Waals surface area contributed by atoms with E-state index in [1.165, 1.54) is 17.7 Å². The summed E-state index contributed by atoms with van der Waals surface area (Å²) in [4.78, 5) is 11.2. The molecule has 0 fully saturated rings. The lowest BCUT2D eigenvalue weighted by Gasteiger charge is -2.03. The molecular weight excluding hydrogens is 222 g/mol. The zero-order chi connectivity index (χ0) is 9.30. The lowest BCUT2D eigenvalue weighted by molar-refractivity contribution is 0.844. The van der Waals surface area contributed by atoms with Crippen molar-refractivity contribution in [1.82, 2.24) is 4.57 Å². The third-order valence-corrected chi connectivity index (χ3v) is 2.19. The highest BCUT2D eigenvalue weighted by Crippen LogP contribution is 2.15. The van der Waals surface area contributed by atoms with E-state index in [0.717, 1.165) is 0 Å². The largest absolute Gasteiger partial charge is 0.393 e. The van der Waals surface area contributed by atoms with Crippen LogP contribution in [0.1, 0.15) is 5.69 Å². The first kappa shape index (κ1) is 8.81. The predicted molar refractivity (Wildman–Crippen MR) is 48.5 cm³/mol. The normalized spacial score (nSPS) is 9.42. The minimum atomic E-state index is -0.360. The summed E-state index contributed by atoms with van der Waals surface area (Å²) < 4.78 is 1.67. The minimum absolute atomic E-state index is 0.122. The molecule has 0 spiro atoms. The van der Waals surface area contributed by atoms with Gasteiger partial charge in [-0.05, 0) is 22.0 Å². The fraction of sp³-hybridized carbons (Fsp3) is 0.143. The maximum absolute atomic E-state index is 11.2. The first-order valence-corrected chi connectivity index (χ1v) is 3.92.